The van der Waals surface area contributed by atoms with E-state index in [4.69, 9.17) is 18.6 Å². The molecule has 36 heavy (non-hydrogen) atoms. The van der Waals surface area contributed by atoms with Crippen molar-refractivity contribution in [3.8, 4) is 0 Å². The highest BCUT2D eigenvalue weighted by Gasteiger charge is 2.25. The zero-order valence-electron chi connectivity index (χ0n) is 23.5. The lowest BCUT2D eigenvalue weighted by atomic mass is 10.1. The number of hydrogen-bond donors (Lipinski definition) is 0. The van der Waals surface area contributed by atoms with Crippen molar-refractivity contribution in [2.45, 2.75) is 123 Å². The minimum absolute atomic E-state index is 0.223. The number of quaternary nitrogens is 1. The molecule has 0 aliphatic rings. The van der Waals surface area contributed by atoms with Crippen LogP contribution >= 0.6 is 7.82 Å². The summed E-state index contributed by atoms with van der Waals surface area (Å²) in [4.78, 5) is 36.5. The molecule has 2 unspecified atom stereocenters. The van der Waals surface area contributed by atoms with Crippen LogP contribution in [0.25, 0.3) is 0 Å². The van der Waals surface area contributed by atoms with Crippen LogP contribution in [-0.4, -0.2) is 57.0 Å². The Labute approximate surface area is 219 Å². The summed E-state index contributed by atoms with van der Waals surface area (Å²) in [6.45, 7) is 3.60. The third kappa shape index (κ3) is 23.4. The maximum absolute atomic E-state index is 12.3. The van der Waals surface area contributed by atoms with Crippen molar-refractivity contribution in [3.05, 3.63) is 0 Å². The van der Waals surface area contributed by atoms with Crippen molar-refractivity contribution in [3.63, 3.8) is 0 Å². The van der Waals surface area contributed by atoms with Gasteiger partial charge in [-0.15, -0.1) is 4.62 Å². The summed E-state index contributed by atoms with van der Waals surface area (Å²) in [6.07, 6.45) is 14.5. The summed E-state index contributed by atoms with van der Waals surface area (Å²) in [6, 6.07) is 0. The molecule has 0 aromatic carbocycles. The maximum atomic E-state index is 12.3. The number of unbranched alkanes of at least 4 members (excludes halogenated alkanes) is 12. The quantitative estimate of drug-likeness (QED) is 0.0496. The molecular formula is C26H52NO8P. The van der Waals surface area contributed by atoms with Gasteiger partial charge in [-0.3, -0.25) is 14.2 Å². The van der Waals surface area contributed by atoms with Crippen LogP contribution < -0.4 is 4.89 Å². The number of phosphoric acid groups is 1. The summed E-state index contributed by atoms with van der Waals surface area (Å²) < 4.78 is 32.2. The minimum atomic E-state index is -4.64. The number of carbonyl (C=O) groups is 2. The van der Waals surface area contributed by atoms with Crippen molar-refractivity contribution >= 4 is 19.8 Å². The smallest absolute Gasteiger partial charge is 0.325 e. The van der Waals surface area contributed by atoms with E-state index in [1.165, 1.54) is 66.1 Å². The molecular weight excluding hydrogens is 485 g/mol. The van der Waals surface area contributed by atoms with Crippen LogP contribution in [0.1, 0.15) is 117 Å². The topological polar surface area (TPSA) is 111 Å². The number of ether oxygens (including phenoxy) is 2. The van der Waals surface area contributed by atoms with E-state index in [1.54, 1.807) is 0 Å². The molecule has 0 bridgehead atoms. The molecule has 0 saturated carbocycles. The lowest BCUT2D eigenvalue weighted by Gasteiger charge is -2.30. The first kappa shape index (κ1) is 35.0. The van der Waals surface area contributed by atoms with E-state index in [0.29, 0.717) is 6.42 Å². The second-order valence-electron chi connectivity index (χ2n) is 10.3. The summed E-state index contributed by atoms with van der Waals surface area (Å²) >= 11 is 0. The van der Waals surface area contributed by atoms with E-state index in [1.807, 2.05) is 0 Å². The van der Waals surface area contributed by atoms with Crippen molar-refractivity contribution < 1.29 is 42.3 Å². The van der Waals surface area contributed by atoms with Crippen LogP contribution in [0.4, 0.5) is 0 Å². The van der Waals surface area contributed by atoms with Gasteiger partial charge in [0.05, 0.1) is 27.7 Å². The molecule has 0 N–H and O–H groups in total. The molecule has 0 aliphatic carbocycles. The lowest BCUT2D eigenvalue weighted by molar-refractivity contribution is -1.04. The highest BCUT2D eigenvalue weighted by atomic mass is 31.2. The first-order valence-electron chi connectivity index (χ1n) is 13.8. The van der Waals surface area contributed by atoms with Gasteiger partial charge >= 0.3 is 19.8 Å². The van der Waals surface area contributed by atoms with Gasteiger partial charge < -0.3 is 18.9 Å². The number of rotatable bonds is 24. The van der Waals surface area contributed by atoms with E-state index >= 15 is 0 Å². The predicted octanol–water partition coefficient (Wildman–Crippen LogP) is 5.85. The van der Waals surface area contributed by atoms with E-state index in [9.17, 15) is 19.0 Å². The van der Waals surface area contributed by atoms with Crippen molar-refractivity contribution in [2.75, 3.05) is 34.4 Å². The van der Waals surface area contributed by atoms with Gasteiger partial charge in [0.15, 0.2) is 6.10 Å². The van der Waals surface area contributed by atoms with E-state index in [2.05, 4.69) is 13.8 Å². The number of esters is 2. The standard InChI is InChI=1S/C26H52NO8P/c1-6-8-10-12-14-16-18-20-25(28)32-22-24(23-33-36(30,31)35-27(3,4)5)34-26(29)21-19-17-15-13-11-9-7-2/h24H,6-23H2,1-5H3. The van der Waals surface area contributed by atoms with Gasteiger partial charge in [0.2, 0.25) is 0 Å². The van der Waals surface area contributed by atoms with Gasteiger partial charge in [0, 0.05) is 12.8 Å². The van der Waals surface area contributed by atoms with Gasteiger partial charge in [-0.2, -0.15) is 4.65 Å². The normalized spacial score (nSPS) is 14.3. The van der Waals surface area contributed by atoms with Gasteiger partial charge in [0.1, 0.15) is 6.61 Å². The Morgan fingerprint density at radius 3 is 1.64 bits per heavy atom. The molecule has 0 heterocycles. The Bertz CT molecular complexity index is 624. The molecule has 0 fully saturated rings. The molecule has 0 aromatic rings. The largest absolute Gasteiger partial charge is 0.752 e. The van der Waals surface area contributed by atoms with Crippen LogP contribution in [0.15, 0.2) is 0 Å². The van der Waals surface area contributed by atoms with Gasteiger partial charge in [-0.05, 0) is 12.8 Å². The maximum Gasteiger partial charge on any atom is 0.325 e. The molecule has 0 aliphatic heterocycles. The van der Waals surface area contributed by atoms with Crippen LogP contribution in [0.5, 0.6) is 0 Å². The van der Waals surface area contributed by atoms with E-state index in [0.717, 1.165) is 38.5 Å². The number of hydrogen-bond acceptors (Lipinski definition) is 8. The van der Waals surface area contributed by atoms with Gasteiger partial charge in [-0.1, -0.05) is 90.9 Å². The zero-order chi connectivity index (χ0) is 27.3. The van der Waals surface area contributed by atoms with Crippen LogP contribution in [0, 0.1) is 0 Å². The fourth-order valence-corrected chi connectivity index (χ4v) is 4.57. The van der Waals surface area contributed by atoms with Crippen molar-refractivity contribution in [2.24, 2.45) is 0 Å². The van der Waals surface area contributed by atoms with Crippen molar-refractivity contribution in [1.29, 1.82) is 0 Å². The highest BCUT2D eigenvalue weighted by Crippen LogP contribution is 2.40. The fraction of sp³-hybridized carbons (Fsp3) is 0.923. The summed E-state index contributed by atoms with van der Waals surface area (Å²) in [5.41, 5.74) is 0. The molecule has 0 aromatic heterocycles. The average molecular weight is 538 g/mol. The molecule has 0 radical (unpaired) electrons. The summed E-state index contributed by atoms with van der Waals surface area (Å²) in [5.74, 6) is -0.863. The molecule has 2 atom stereocenters. The Balaban J connectivity index is 4.54. The van der Waals surface area contributed by atoms with Gasteiger partial charge in [0.25, 0.3) is 0 Å². The molecule has 214 valence electrons. The molecule has 0 saturated heterocycles. The Morgan fingerprint density at radius 2 is 1.17 bits per heavy atom. The molecule has 0 spiro atoms. The predicted molar refractivity (Wildman–Crippen MR) is 139 cm³/mol. The molecule has 0 amide bonds. The van der Waals surface area contributed by atoms with Crippen LogP contribution in [0.2, 0.25) is 0 Å². The van der Waals surface area contributed by atoms with Crippen LogP contribution in [0.3, 0.4) is 0 Å². The highest BCUT2D eigenvalue weighted by molar-refractivity contribution is 7.45. The Kier molecular flexibility index (Phi) is 20.4. The lowest BCUT2D eigenvalue weighted by Crippen LogP contribution is -2.36. The Hall–Kier alpha value is -0.990. The second-order valence-corrected chi connectivity index (χ2v) is 11.6. The molecule has 9 nitrogen and oxygen atoms in total. The molecule has 0 rings (SSSR count). The minimum Gasteiger partial charge on any atom is -0.752 e. The number of carbonyl (C=O) groups excluding carboxylic acids is 2. The first-order valence-corrected chi connectivity index (χ1v) is 15.3. The number of nitrogens with zero attached hydrogens (tertiary/aromatic N) is 1. The average Bonchev–Trinajstić information content (AvgIpc) is 2.78. The third-order valence-electron chi connectivity index (χ3n) is 5.46. The summed E-state index contributed by atoms with van der Waals surface area (Å²) in [7, 11) is -0.0605. The Morgan fingerprint density at radius 1 is 0.722 bits per heavy atom. The number of phosphoric ester groups is 1. The fourth-order valence-electron chi connectivity index (χ4n) is 3.57. The SMILES string of the molecule is CCCCCCCCCC(=O)OCC(COP(=O)([O-])O[N+](C)(C)C)OC(=O)CCCCCCCCC. The second kappa shape index (κ2) is 21.0. The first-order chi connectivity index (χ1) is 17.0. The van der Waals surface area contributed by atoms with E-state index in [-0.39, 0.29) is 24.1 Å². The van der Waals surface area contributed by atoms with Crippen molar-refractivity contribution in [1.82, 2.24) is 0 Å². The van der Waals surface area contributed by atoms with E-state index < -0.39 is 32.5 Å². The summed E-state index contributed by atoms with van der Waals surface area (Å²) in [5, 5.41) is 0. The van der Waals surface area contributed by atoms with Crippen LogP contribution in [-0.2, 0) is 32.8 Å². The molecule has 10 heteroatoms. The zero-order valence-corrected chi connectivity index (χ0v) is 24.4. The third-order valence-corrected chi connectivity index (χ3v) is 6.62. The van der Waals surface area contributed by atoms with Gasteiger partial charge in [-0.25, -0.2) is 0 Å². The number of hydroxylamine groups is 3. The monoisotopic (exact) mass is 537 g/mol.